The number of hydrogen-bond acceptors (Lipinski definition) is 3. The molecule has 0 aliphatic carbocycles. The minimum Gasteiger partial charge on any atom is -0.507 e. The van der Waals surface area contributed by atoms with Gasteiger partial charge in [0.15, 0.2) is 0 Å². The molecule has 0 aliphatic rings. The molecule has 0 unspecified atom stereocenters. The van der Waals surface area contributed by atoms with Crippen LogP contribution in [0.4, 0.5) is 0 Å². The molecule has 0 saturated carbocycles. The summed E-state index contributed by atoms with van der Waals surface area (Å²) < 4.78 is 1.13. The summed E-state index contributed by atoms with van der Waals surface area (Å²) in [6.07, 6.45) is 0.960. The second-order valence-electron chi connectivity index (χ2n) is 11.5. The molecule has 0 amide bonds. The highest BCUT2D eigenvalue weighted by atomic mass is 32.1. The van der Waals surface area contributed by atoms with Gasteiger partial charge < -0.3 is 5.11 Å². The zero-order valence-corrected chi connectivity index (χ0v) is 21.7. The lowest BCUT2D eigenvalue weighted by Gasteiger charge is -2.35. The van der Waals surface area contributed by atoms with Gasteiger partial charge in [-0.3, -0.25) is 0 Å². The Kier molecular flexibility index (Phi) is 5.90. The lowest BCUT2D eigenvalue weighted by Crippen LogP contribution is -2.26. The van der Waals surface area contributed by atoms with E-state index in [4.69, 9.17) is 4.98 Å². The number of phenols is 1. The molecule has 0 bridgehead atoms. The van der Waals surface area contributed by atoms with Gasteiger partial charge in [-0.15, -0.1) is 11.3 Å². The van der Waals surface area contributed by atoms with E-state index in [1.807, 2.05) is 18.2 Å². The Morgan fingerprint density at radius 1 is 0.788 bits per heavy atom. The molecule has 0 radical (unpaired) electrons. The fraction of sp³-hybridized carbons (Fsp3) is 0.367. The van der Waals surface area contributed by atoms with Crippen LogP contribution in [0, 0.1) is 5.41 Å². The van der Waals surface area contributed by atoms with Crippen molar-refractivity contribution in [1.29, 1.82) is 0 Å². The van der Waals surface area contributed by atoms with Crippen LogP contribution >= 0.6 is 11.3 Å². The monoisotopic (exact) mass is 457 g/mol. The second-order valence-corrected chi connectivity index (χ2v) is 12.5. The van der Waals surface area contributed by atoms with Crippen LogP contribution in [0.15, 0.2) is 66.7 Å². The van der Waals surface area contributed by atoms with E-state index in [1.54, 1.807) is 11.3 Å². The van der Waals surface area contributed by atoms with E-state index < -0.39 is 0 Å². The molecule has 0 fully saturated rings. The Bertz CT molecular complexity index is 1240. The summed E-state index contributed by atoms with van der Waals surface area (Å²) in [5, 5.41) is 12.5. The minimum absolute atomic E-state index is 0.136. The Hall–Kier alpha value is -2.65. The average molecular weight is 458 g/mol. The number of fused-ring (bicyclic) bond motifs is 1. The van der Waals surface area contributed by atoms with Crippen LogP contribution in [0.3, 0.4) is 0 Å². The Morgan fingerprint density at radius 3 is 2.06 bits per heavy atom. The van der Waals surface area contributed by atoms with Crippen molar-refractivity contribution in [1.82, 2.24) is 4.98 Å². The van der Waals surface area contributed by atoms with E-state index in [-0.39, 0.29) is 16.2 Å². The first-order valence-corrected chi connectivity index (χ1v) is 12.5. The highest BCUT2D eigenvalue weighted by molar-refractivity contribution is 7.21. The van der Waals surface area contributed by atoms with E-state index in [2.05, 4.69) is 97.0 Å². The maximum absolute atomic E-state index is 11.6. The summed E-state index contributed by atoms with van der Waals surface area (Å²) in [5.74, 6) is 0.357. The summed E-state index contributed by atoms with van der Waals surface area (Å²) in [6, 6.07) is 23.2. The van der Waals surface area contributed by atoms with E-state index in [1.165, 1.54) is 11.1 Å². The van der Waals surface area contributed by atoms with Gasteiger partial charge in [0.1, 0.15) is 10.8 Å². The van der Waals surface area contributed by atoms with Crippen molar-refractivity contribution in [2.75, 3.05) is 0 Å². The molecule has 1 aromatic heterocycles. The molecule has 2 nitrogen and oxygen atoms in total. The Balaban J connectivity index is 1.97. The normalized spacial score (nSPS) is 12.9. The van der Waals surface area contributed by atoms with Crippen molar-refractivity contribution >= 4 is 21.6 Å². The molecule has 3 heteroatoms. The maximum atomic E-state index is 11.6. The highest BCUT2D eigenvalue weighted by Crippen LogP contribution is 2.47. The first-order valence-electron chi connectivity index (χ1n) is 11.7. The van der Waals surface area contributed by atoms with E-state index in [0.29, 0.717) is 5.75 Å². The van der Waals surface area contributed by atoms with Crippen molar-refractivity contribution in [3.05, 3.63) is 83.4 Å². The lowest BCUT2D eigenvalue weighted by molar-refractivity contribution is 0.278. The highest BCUT2D eigenvalue weighted by Gasteiger charge is 2.34. The molecule has 0 saturated heterocycles. The number of aromatic hydroxyl groups is 1. The van der Waals surface area contributed by atoms with Crippen molar-refractivity contribution in [3.8, 4) is 16.3 Å². The van der Waals surface area contributed by atoms with Gasteiger partial charge in [-0.05, 0) is 46.6 Å². The zero-order valence-electron chi connectivity index (χ0n) is 20.9. The van der Waals surface area contributed by atoms with Crippen LogP contribution in [0.5, 0.6) is 5.75 Å². The van der Waals surface area contributed by atoms with Gasteiger partial charge in [-0.25, -0.2) is 4.98 Å². The molecule has 33 heavy (non-hydrogen) atoms. The van der Waals surface area contributed by atoms with Crippen LogP contribution in [-0.2, 0) is 10.8 Å². The van der Waals surface area contributed by atoms with Gasteiger partial charge >= 0.3 is 0 Å². The first-order chi connectivity index (χ1) is 15.4. The van der Waals surface area contributed by atoms with E-state index in [0.717, 1.165) is 32.8 Å². The van der Waals surface area contributed by atoms with Gasteiger partial charge in [0, 0.05) is 11.0 Å². The molecule has 0 atom stereocenters. The third-order valence-electron chi connectivity index (χ3n) is 6.55. The van der Waals surface area contributed by atoms with Gasteiger partial charge in [-0.1, -0.05) is 97.0 Å². The molecule has 4 aromatic rings. The van der Waals surface area contributed by atoms with Crippen molar-refractivity contribution in [3.63, 3.8) is 0 Å². The van der Waals surface area contributed by atoms with Gasteiger partial charge in [0.2, 0.25) is 0 Å². The van der Waals surface area contributed by atoms with Crippen molar-refractivity contribution < 1.29 is 5.11 Å². The molecule has 0 spiro atoms. The molecule has 172 valence electrons. The van der Waals surface area contributed by atoms with E-state index in [9.17, 15) is 5.11 Å². The number of rotatable bonds is 5. The molecule has 1 N–H and O–H groups in total. The van der Waals surface area contributed by atoms with Crippen LogP contribution in [0.1, 0.15) is 71.6 Å². The largest absolute Gasteiger partial charge is 0.507 e. The smallest absolute Gasteiger partial charge is 0.129 e. The molecular weight excluding hydrogens is 422 g/mol. The van der Waals surface area contributed by atoms with Gasteiger partial charge in [0.25, 0.3) is 0 Å². The number of thiazole rings is 1. The number of hydrogen-bond donors (Lipinski definition) is 1. The third kappa shape index (κ3) is 4.70. The van der Waals surface area contributed by atoms with E-state index >= 15 is 0 Å². The first kappa shape index (κ1) is 23.5. The Labute approximate surface area is 202 Å². The topological polar surface area (TPSA) is 33.1 Å². The summed E-state index contributed by atoms with van der Waals surface area (Å²) >= 11 is 1.64. The maximum Gasteiger partial charge on any atom is 0.129 e. The standard InChI is InChI=1S/C30H35NOS/c1-28(2,3)19-29(4,5)23-18-21(30(6,7)20-13-9-8-10-14-20)17-22(26(23)32)27-31-24-15-11-12-16-25(24)33-27/h8-18,32H,19H2,1-7H3. The molecule has 3 aromatic carbocycles. The van der Waals surface area contributed by atoms with Crippen molar-refractivity contribution in [2.24, 2.45) is 5.41 Å². The zero-order chi connectivity index (χ0) is 24.0. The fourth-order valence-electron chi connectivity index (χ4n) is 5.10. The molecule has 4 rings (SSSR count). The molecule has 0 aliphatic heterocycles. The number of nitrogens with zero attached hydrogens (tertiary/aromatic N) is 1. The number of phenolic OH excluding ortho intramolecular Hbond substituents is 1. The third-order valence-corrected chi connectivity index (χ3v) is 7.62. The van der Waals surface area contributed by atoms with Gasteiger partial charge in [0.05, 0.1) is 15.8 Å². The SMILES string of the molecule is CC(C)(C)CC(C)(C)c1cc(C(C)(C)c2ccccc2)cc(-c2nc3ccccc3s2)c1O. The predicted octanol–water partition coefficient (Wildman–Crippen LogP) is 8.71. The number of para-hydroxylation sites is 1. The van der Waals surface area contributed by atoms with Crippen LogP contribution < -0.4 is 0 Å². The quantitative estimate of drug-likeness (QED) is 0.325. The minimum atomic E-state index is -0.215. The summed E-state index contributed by atoms with van der Waals surface area (Å²) in [7, 11) is 0. The summed E-state index contributed by atoms with van der Waals surface area (Å²) in [5.41, 5.74) is 4.96. The average Bonchev–Trinajstić information content (AvgIpc) is 3.16. The summed E-state index contributed by atoms with van der Waals surface area (Å²) in [4.78, 5) is 4.90. The molecule has 1 heterocycles. The van der Waals surface area contributed by atoms with Crippen LogP contribution in [0.2, 0.25) is 0 Å². The second kappa shape index (κ2) is 8.29. The Morgan fingerprint density at radius 2 is 1.42 bits per heavy atom. The van der Waals surface area contributed by atoms with Crippen LogP contribution in [0.25, 0.3) is 20.8 Å². The molecular formula is C30H35NOS. The van der Waals surface area contributed by atoms with Crippen LogP contribution in [-0.4, -0.2) is 10.1 Å². The van der Waals surface area contributed by atoms with Gasteiger partial charge in [-0.2, -0.15) is 0 Å². The predicted molar refractivity (Wildman–Crippen MR) is 142 cm³/mol. The number of aromatic nitrogens is 1. The fourth-order valence-corrected chi connectivity index (χ4v) is 6.09. The summed E-state index contributed by atoms with van der Waals surface area (Å²) in [6.45, 7) is 15.8. The lowest BCUT2D eigenvalue weighted by atomic mass is 9.69. The van der Waals surface area contributed by atoms with Crippen molar-refractivity contribution in [2.45, 2.75) is 65.7 Å². The number of benzene rings is 3.